The van der Waals surface area contributed by atoms with Crippen molar-refractivity contribution in [3.05, 3.63) is 34.9 Å². The Morgan fingerprint density at radius 2 is 2.19 bits per heavy atom. The second-order valence-electron chi connectivity index (χ2n) is 6.53. The third-order valence-corrected chi connectivity index (χ3v) is 4.66. The van der Waals surface area contributed by atoms with E-state index in [1.807, 2.05) is 11.8 Å². The lowest BCUT2D eigenvalue weighted by Crippen LogP contribution is -2.45. The molecule has 0 bridgehead atoms. The summed E-state index contributed by atoms with van der Waals surface area (Å²) in [6.45, 7) is 8.01. The van der Waals surface area contributed by atoms with Crippen molar-refractivity contribution in [2.24, 2.45) is 11.7 Å². The fourth-order valence-corrected chi connectivity index (χ4v) is 3.19. The van der Waals surface area contributed by atoms with E-state index in [1.54, 1.807) is 0 Å². The molecule has 1 fully saturated rings. The van der Waals surface area contributed by atoms with Gasteiger partial charge in [0.15, 0.2) is 0 Å². The summed E-state index contributed by atoms with van der Waals surface area (Å²) in [6.07, 6.45) is 3.68. The maximum atomic E-state index is 12.4. The molecule has 3 heteroatoms. The number of hydrogen-bond donors (Lipinski definition) is 1. The van der Waals surface area contributed by atoms with Crippen LogP contribution in [-0.2, 0) is 11.2 Å². The lowest BCUT2D eigenvalue weighted by Gasteiger charge is -2.34. The van der Waals surface area contributed by atoms with Gasteiger partial charge in [-0.25, -0.2) is 0 Å². The van der Waals surface area contributed by atoms with Gasteiger partial charge in [0.2, 0.25) is 5.91 Å². The molecule has 116 valence electrons. The van der Waals surface area contributed by atoms with Gasteiger partial charge >= 0.3 is 0 Å². The molecule has 1 aromatic carbocycles. The molecule has 0 aromatic heterocycles. The van der Waals surface area contributed by atoms with Gasteiger partial charge in [0.05, 0.1) is 0 Å². The molecule has 2 N–H and O–H groups in total. The van der Waals surface area contributed by atoms with E-state index in [0.717, 1.165) is 32.4 Å². The Balaban J connectivity index is 1.89. The maximum Gasteiger partial charge on any atom is 0.222 e. The minimum Gasteiger partial charge on any atom is -0.342 e. The Morgan fingerprint density at radius 1 is 1.43 bits per heavy atom. The number of amides is 1. The number of carbonyl (C=O) groups is 1. The van der Waals surface area contributed by atoms with Gasteiger partial charge in [-0.1, -0.05) is 23.8 Å². The van der Waals surface area contributed by atoms with Gasteiger partial charge in [-0.3, -0.25) is 4.79 Å². The molecular formula is C18H28N2O. The van der Waals surface area contributed by atoms with Crippen LogP contribution >= 0.6 is 0 Å². The van der Waals surface area contributed by atoms with E-state index >= 15 is 0 Å². The highest BCUT2D eigenvalue weighted by atomic mass is 16.2. The SMILES string of the molecule is Cc1ccc(CCC(=O)N2CCCC(C(C)N)C2)c(C)c1. The summed E-state index contributed by atoms with van der Waals surface area (Å²) >= 11 is 0. The summed E-state index contributed by atoms with van der Waals surface area (Å²) in [6, 6.07) is 6.64. The molecule has 0 saturated carbocycles. The molecule has 1 aromatic rings. The largest absolute Gasteiger partial charge is 0.342 e. The quantitative estimate of drug-likeness (QED) is 0.926. The average Bonchev–Trinajstić information content (AvgIpc) is 2.46. The van der Waals surface area contributed by atoms with E-state index < -0.39 is 0 Å². The van der Waals surface area contributed by atoms with Gasteiger partial charge in [0.1, 0.15) is 0 Å². The Bertz CT molecular complexity index is 496. The number of rotatable bonds is 4. The van der Waals surface area contributed by atoms with E-state index in [9.17, 15) is 4.79 Å². The fourth-order valence-electron chi connectivity index (χ4n) is 3.19. The van der Waals surface area contributed by atoms with E-state index in [1.165, 1.54) is 16.7 Å². The first-order valence-electron chi connectivity index (χ1n) is 8.07. The van der Waals surface area contributed by atoms with Crippen LogP contribution in [0.1, 0.15) is 42.9 Å². The predicted molar refractivity (Wildman–Crippen MR) is 87.2 cm³/mol. The van der Waals surface area contributed by atoms with Crippen LogP contribution in [0.5, 0.6) is 0 Å². The molecule has 1 aliphatic heterocycles. The average molecular weight is 288 g/mol. The van der Waals surface area contributed by atoms with Crippen LogP contribution in [0.4, 0.5) is 0 Å². The molecule has 2 rings (SSSR count). The zero-order valence-electron chi connectivity index (χ0n) is 13.6. The number of hydrogen-bond acceptors (Lipinski definition) is 2. The van der Waals surface area contributed by atoms with Crippen LogP contribution in [0.2, 0.25) is 0 Å². The van der Waals surface area contributed by atoms with E-state index in [-0.39, 0.29) is 11.9 Å². The van der Waals surface area contributed by atoms with Gasteiger partial charge in [-0.15, -0.1) is 0 Å². The Morgan fingerprint density at radius 3 is 2.86 bits per heavy atom. The lowest BCUT2D eigenvalue weighted by molar-refractivity contribution is -0.133. The van der Waals surface area contributed by atoms with Crippen LogP contribution < -0.4 is 5.73 Å². The van der Waals surface area contributed by atoms with Gasteiger partial charge < -0.3 is 10.6 Å². The number of aryl methyl sites for hydroxylation is 3. The van der Waals surface area contributed by atoms with Crippen molar-refractivity contribution >= 4 is 5.91 Å². The predicted octanol–water partition coefficient (Wildman–Crippen LogP) is 2.82. The van der Waals surface area contributed by atoms with Crippen molar-refractivity contribution in [2.75, 3.05) is 13.1 Å². The number of carbonyl (C=O) groups excluding carboxylic acids is 1. The third-order valence-electron chi connectivity index (χ3n) is 4.66. The second-order valence-corrected chi connectivity index (χ2v) is 6.53. The highest BCUT2D eigenvalue weighted by molar-refractivity contribution is 5.76. The molecule has 1 amide bonds. The van der Waals surface area contributed by atoms with Gasteiger partial charge in [-0.2, -0.15) is 0 Å². The topological polar surface area (TPSA) is 46.3 Å². The second kappa shape index (κ2) is 7.08. The molecule has 2 unspecified atom stereocenters. The molecule has 1 saturated heterocycles. The first kappa shape index (κ1) is 16.0. The number of benzene rings is 1. The number of likely N-dealkylation sites (tertiary alicyclic amines) is 1. The molecule has 21 heavy (non-hydrogen) atoms. The number of nitrogens with two attached hydrogens (primary N) is 1. The van der Waals surface area contributed by atoms with Crippen LogP contribution in [-0.4, -0.2) is 29.9 Å². The van der Waals surface area contributed by atoms with E-state index in [2.05, 4.69) is 32.0 Å². The third kappa shape index (κ3) is 4.31. The first-order chi connectivity index (χ1) is 9.97. The summed E-state index contributed by atoms with van der Waals surface area (Å²) in [5.41, 5.74) is 9.84. The molecule has 1 heterocycles. The Kier molecular flexibility index (Phi) is 5.40. The lowest BCUT2D eigenvalue weighted by atomic mass is 9.92. The molecule has 2 atom stereocenters. The van der Waals surface area contributed by atoms with Gasteiger partial charge in [-0.05, 0) is 57.1 Å². The van der Waals surface area contributed by atoms with Crippen molar-refractivity contribution in [1.82, 2.24) is 4.90 Å². The standard InChI is InChI=1S/C18H28N2O/c1-13-6-7-16(14(2)11-13)8-9-18(21)20-10-4-5-17(12-20)15(3)19/h6-7,11,15,17H,4-5,8-10,12,19H2,1-3H3. The number of piperidine rings is 1. The van der Waals surface area contributed by atoms with Crippen molar-refractivity contribution in [2.45, 2.75) is 52.5 Å². The maximum absolute atomic E-state index is 12.4. The summed E-state index contributed by atoms with van der Waals surface area (Å²) < 4.78 is 0. The Hall–Kier alpha value is -1.35. The molecular weight excluding hydrogens is 260 g/mol. The summed E-state index contributed by atoms with van der Waals surface area (Å²) in [5, 5.41) is 0. The van der Waals surface area contributed by atoms with Crippen LogP contribution in [0.25, 0.3) is 0 Å². The van der Waals surface area contributed by atoms with E-state index in [4.69, 9.17) is 5.73 Å². The molecule has 0 spiro atoms. The molecule has 3 nitrogen and oxygen atoms in total. The van der Waals surface area contributed by atoms with Crippen molar-refractivity contribution in [3.63, 3.8) is 0 Å². The van der Waals surface area contributed by atoms with Crippen molar-refractivity contribution < 1.29 is 4.79 Å². The van der Waals surface area contributed by atoms with Crippen molar-refractivity contribution in [1.29, 1.82) is 0 Å². The van der Waals surface area contributed by atoms with Crippen molar-refractivity contribution in [3.8, 4) is 0 Å². The van der Waals surface area contributed by atoms with Crippen LogP contribution in [0, 0.1) is 19.8 Å². The zero-order chi connectivity index (χ0) is 15.4. The highest BCUT2D eigenvalue weighted by Gasteiger charge is 2.25. The van der Waals surface area contributed by atoms with Gasteiger partial charge in [0.25, 0.3) is 0 Å². The summed E-state index contributed by atoms with van der Waals surface area (Å²) in [5.74, 6) is 0.740. The zero-order valence-corrected chi connectivity index (χ0v) is 13.6. The summed E-state index contributed by atoms with van der Waals surface area (Å²) in [4.78, 5) is 14.4. The molecule has 0 aliphatic carbocycles. The summed E-state index contributed by atoms with van der Waals surface area (Å²) in [7, 11) is 0. The van der Waals surface area contributed by atoms with E-state index in [0.29, 0.717) is 12.3 Å². The monoisotopic (exact) mass is 288 g/mol. The highest BCUT2D eigenvalue weighted by Crippen LogP contribution is 2.20. The number of nitrogens with zero attached hydrogens (tertiary/aromatic N) is 1. The van der Waals surface area contributed by atoms with Crippen LogP contribution in [0.3, 0.4) is 0 Å². The minimum absolute atomic E-state index is 0.181. The normalized spacial score (nSPS) is 20.4. The molecule has 0 radical (unpaired) electrons. The Labute approximate surface area is 128 Å². The molecule has 1 aliphatic rings. The van der Waals surface area contributed by atoms with Crippen LogP contribution in [0.15, 0.2) is 18.2 Å². The first-order valence-corrected chi connectivity index (χ1v) is 8.07. The smallest absolute Gasteiger partial charge is 0.222 e. The van der Waals surface area contributed by atoms with Gasteiger partial charge in [0, 0.05) is 25.6 Å². The fraction of sp³-hybridized carbons (Fsp3) is 0.611. The minimum atomic E-state index is 0.181.